The van der Waals surface area contributed by atoms with Crippen LogP contribution in [-0.4, -0.2) is 18.0 Å². The molecule has 142 valence electrons. The minimum absolute atomic E-state index is 0.0231. The number of ether oxygens (including phenoxy) is 1. The first-order chi connectivity index (χ1) is 12.4. The highest BCUT2D eigenvalue weighted by atomic mass is 19.1. The third-order valence-corrected chi connectivity index (χ3v) is 6.10. The predicted molar refractivity (Wildman–Crippen MR) is 98.0 cm³/mol. The van der Waals surface area contributed by atoms with Crippen LogP contribution in [0.3, 0.4) is 0 Å². The van der Waals surface area contributed by atoms with Gasteiger partial charge in [0.1, 0.15) is 11.6 Å². The number of hydrogen-bond donors (Lipinski definition) is 0. The Morgan fingerprint density at radius 1 is 1.23 bits per heavy atom. The van der Waals surface area contributed by atoms with Crippen molar-refractivity contribution in [1.82, 2.24) is 0 Å². The molecule has 0 bridgehead atoms. The van der Waals surface area contributed by atoms with Gasteiger partial charge in [-0.3, -0.25) is 4.79 Å². The molecule has 4 heteroatoms. The number of fused-ring (bicyclic) bond motifs is 1. The van der Waals surface area contributed by atoms with Gasteiger partial charge in [-0.05, 0) is 72.9 Å². The van der Waals surface area contributed by atoms with Crippen LogP contribution >= 0.6 is 0 Å². The quantitative estimate of drug-likeness (QED) is 0.697. The number of benzene rings is 1. The summed E-state index contributed by atoms with van der Waals surface area (Å²) in [5, 5.41) is 0. The summed E-state index contributed by atoms with van der Waals surface area (Å²) in [5.41, 5.74) is 1.31. The summed E-state index contributed by atoms with van der Waals surface area (Å²) >= 11 is 0. The van der Waals surface area contributed by atoms with Crippen molar-refractivity contribution < 1.29 is 18.3 Å². The molecule has 26 heavy (non-hydrogen) atoms. The van der Waals surface area contributed by atoms with E-state index >= 15 is 0 Å². The summed E-state index contributed by atoms with van der Waals surface area (Å²) in [6, 6.07) is 2.64. The van der Waals surface area contributed by atoms with Crippen LogP contribution in [0, 0.1) is 23.5 Å². The maximum atomic E-state index is 14.5. The molecule has 1 fully saturated rings. The average molecular weight is 362 g/mol. The van der Waals surface area contributed by atoms with Crippen molar-refractivity contribution in [2.75, 3.05) is 6.61 Å². The van der Waals surface area contributed by atoms with Crippen molar-refractivity contribution in [3.8, 4) is 0 Å². The van der Waals surface area contributed by atoms with Gasteiger partial charge >= 0.3 is 0 Å². The zero-order valence-corrected chi connectivity index (χ0v) is 15.9. The van der Waals surface area contributed by atoms with E-state index in [1.165, 1.54) is 12.1 Å². The molecular weight excluding hydrogens is 334 g/mol. The lowest BCUT2D eigenvalue weighted by Gasteiger charge is -2.41. The molecule has 1 aromatic rings. The number of rotatable bonds is 6. The van der Waals surface area contributed by atoms with E-state index in [1.54, 1.807) is 6.08 Å². The van der Waals surface area contributed by atoms with Crippen LogP contribution in [0.25, 0.3) is 0 Å². The van der Waals surface area contributed by atoms with Gasteiger partial charge in [0.05, 0.1) is 12.2 Å². The van der Waals surface area contributed by atoms with E-state index in [1.807, 2.05) is 13.8 Å². The van der Waals surface area contributed by atoms with E-state index < -0.39 is 5.60 Å². The zero-order valence-electron chi connectivity index (χ0n) is 15.9. The number of hydrogen-bond acceptors (Lipinski definition) is 2. The van der Waals surface area contributed by atoms with Gasteiger partial charge in [-0.1, -0.05) is 27.2 Å². The third kappa shape index (κ3) is 3.36. The molecule has 0 aromatic heterocycles. The Morgan fingerprint density at radius 3 is 2.62 bits per heavy atom. The number of allylic oxidation sites excluding steroid dienone is 1. The van der Waals surface area contributed by atoms with Gasteiger partial charge in [-0.25, -0.2) is 8.78 Å². The van der Waals surface area contributed by atoms with E-state index in [-0.39, 0.29) is 29.3 Å². The number of ketones is 1. The first-order valence-electron chi connectivity index (χ1n) is 9.76. The van der Waals surface area contributed by atoms with Gasteiger partial charge in [0.15, 0.2) is 5.78 Å². The number of aryl methyl sites for hydroxylation is 1. The molecular formula is C22H28F2O2. The molecule has 1 heterocycles. The molecule has 0 spiro atoms. The Balaban J connectivity index is 1.88. The highest BCUT2D eigenvalue weighted by molar-refractivity contribution is 5.94. The van der Waals surface area contributed by atoms with Crippen LogP contribution in [0.4, 0.5) is 8.78 Å². The fraction of sp³-hybridized carbons (Fsp3) is 0.591. The number of carbonyl (C=O) groups is 1. The maximum absolute atomic E-state index is 14.5. The normalized spacial score (nSPS) is 26.6. The van der Waals surface area contributed by atoms with Gasteiger partial charge < -0.3 is 4.74 Å². The van der Waals surface area contributed by atoms with Crippen LogP contribution in [0.15, 0.2) is 23.8 Å². The van der Waals surface area contributed by atoms with E-state index in [9.17, 15) is 13.6 Å². The third-order valence-electron chi connectivity index (χ3n) is 6.10. The summed E-state index contributed by atoms with van der Waals surface area (Å²) in [7, 11) is 0. The van der Waals surface area contributed by atoms with Crippen molar-refractivity contribution in [2.45, 2.75) is 64.9 Å². The van der Waals surface area contributed by atoms with Crippen LogP contribution in [0.2, 0.25) is 0 Å². The van der Waals surface area contributed by atoms with Crippen molar-refractivity contribution in [3.05, 3.63) is 46.5 Å². The van der Waals surface area contributed by atoms with E-state index in [0.717, 1.165) is 24.8 Å². The smallest absolute Gasteiger partial charge is 0.158 e. The van der Waals surface area contributed by atoms with Gasteiger partial charge in [0.25, 0.3) is 0 Å². The first-order valence-corrected chi connectivity index (χ1v) is 9.76. The van der Waals surface area contributed by atoms with E-state index in [0.29, 0.717) is 37.0 Å². The molecule has 2 aliphatic rings. The number of carbonyl (C=O) groups excluding carboxylic acids is 1. The second-order valence-electron chi connectivity index (χ2n) is 7.74. The molecule has 1 unspecified atom stereocenters. The Bertz CT molecular complexity index is 725. The van der Waals surface area contributed by atoms with Crippen LogP contribution in [0.1, 0.15) is 57.6 Å². The molecule has 0 amide bonds. The molecule has 0 radical (unpaired) electrons. The van der Waals surface area contributed by atoms with Crippen molar-refractivity contribution in [1.29, 1.82) is 0 Å². The van der Waals surface area contributed by atoms with Crippen LogP contribution in [0.5, 0.6) is 0 Å². The van der Waals surface area contributed by atoms with E-state index in [2.05, 4.69) is 6.92 Å². The SMILES string of the molecule is CCC[C@H]1C[C@]2(C(C)Cc3cc(F)c(CC)cc3F)OCCC2=CC1=O. The highest BCUT2D eigenvalue weighted by Gasteiger charge is 2.49. The summed E-state index contributed by atoms with van der Waals surface area (Å²) in [4.78, 5) is 12.4. The molecule has 0 N–H and O–H groups in total. The van der Waals surface area contributed by atoms with Crippen LogP contribution in [-0.2, 0) is 22.4 Å². The van der Waals surface area contributed by atoms with Crippen molar-refractivity contribution in [2.24, 2.45) is 11.8 Å². The van der Waals surface area contributed by atoms with Gasteiger partial charge in [-0.15, -0.1) is 0 Å². The zero-order chi connectivity index (χ0) is 18.9. The molecule has 1 aliphatic carbocycles. The lowest BCUT2D eigenvalue weighted by molar-refractivity contribution is -0.123. The highest BCUT2D eigenvalue weighted by Crippen LogP contribution is 2.47. The topological polar surface area (TPSA) is 26.3 Å². The second kappa shape index (κ2) is 7.59. The first kappa shape index (κ1) is 19.2. The Morgan fingerprint density at radius 2 is 1.92 bits per heavy atom. The fourth-order valence-electron chi connectivity index (χ4n) is 4.59. The molecule has 1 aromatic carbocycles. The molecule has 3 rings (SSSR count). The summed E-state index contributed by atoms with van der Waals surface area (Å²) < 4.78 is 34.8. The molecule has 3 atom stereocenters. The van der Waals surface area contributed by atoms with Gasteiger partial charge in [0.2, 0.25) is 0 Å². The molecule has 1 aliphatic heterocycles. The summed E-state index contributed by atoms with van der Waals surface area (Å²) in [5.74, 6) is -0.565. The minimum atomic E-state index is -0.514. The predicted octanol–water partition coefficient (Wildman–Crippen LogP) is 5.18. The summed E-state index contributed by atoms with van der Waals surface area (Å²) in [6.07, 6.45) is 5.84. The van der Waals surface area contributed by atoms with Crippen molar-refractivity contribution in [3.63, 3.8) is 0 Å². The molecule has 1 saturated heterocycles. The van der Waals surface area contributed by atoms with E-state index in [4.69, 9.17) is 4.74 Å². The average Bonchev–Trinajstić information content (AvgIpc) is 3.02. The van der Waals surface area contributed by atoms with Gasteiger partial charge in [0, 0.05) is 5.92 Å². The second-order valence-corrected chi connectivity index (χ2v) is 7.74. The molecule has 2 nitrogen and oxygen atoms in total. The monoisotopic (exact) mass is 362 g/mol. The molecule has 0 saturated carbocycles. The largest absolute Gasteiger partial charge is 0.370 e. The van der Waals surface area contributed by atoms with Gasteiger partial charge in [-0.2, -0.15) is 0 Å². The lowest BCUT2D eigenvalue weighted by Crippen LogP contribution is -2.44. The minimum Gasteiger partial charge on any atom is -0.370 e. The maximum Gasteiger partial charge on any atom is 0.158 e. The van der Waals surface area contributed by atoms with Crippen LogP contribution < -0.4 is 0 Å². The standard InChI is InChI=1S/C22H28F2O2/c1-4-6-16-13-22(18(7-8-26-22)12-21(16)25)14(3)9-17-11-19(23)15(5-2)10-20(17)24/h10-12,14,16H,4-9,13H2,1-3H3/t14?,16-,22+/m0/s1. The Hall–Kier alpha value is -1.55. The Kier molecular flexibility index (Phi) is 5.61. The number of halogens is 2. The summed E-state index contributed by atoms with van der Waals surface area (Å²) in [6.45, 7) is 6.51. The Labute approximate surface area is 154 Å². The van der Waals surface area contributed by atoms with Crippen molar-refractivity contribution >= 4 is 5.78 Å². The fourth-order valence-corrected chi connectivity index (χ4v) is 4.59. The lowest BCUT2D eigenvalue weighted by atomic mass is 9.68.